The van der Waals surface area contributed by atoms with Crippen LogP contribution < -0.4 is 10.6 Å². The topological polar surface area (TPSA) is 87.6 Å². The maximum absolute atomic E-state index is 12.5. The summed E-state index contributed by atoms with van der Waals surface area (Å²) >= 11 is 1.46. The van der Waals surface area contributed by atoms with Crippen LogP contribution in [0.4, 0.5) is 11.4 Å². The summed E-state index contributed by atoms with van der Waals surface area (Å²) in [4.78, 5) is 17.0. The Kier molecular flexibility index (Phi) is 4.69. The third-order valence-corrected chi connectivity index (χ3v) is 7.73. The third-order valence-electron chi connectivity index (χ3n) is 4.59. The summed E-state index contributed by atoms with van der Waals surface area (Å²) in [6.07, 6.45) is 0. The van der Waals surface area contributed by atoms with Crippen LogP contribution in [0.25, 0.3) is 0 Å². The van der Waals surface area contributed by atoms with Gasteiger partial charge in [0.15, 0.2) is 15.0 Å². The van der Waals surface area contributed by atoms with Gasteiger partial charge in [0.1, 0.15) is 0 Å². The van der Waals surface area contributed by atoms with Gasteiger partial charge in [0.2, 0.25) is 0 Å². The number of hydrogen-bond donors (Lipinski definition) is 2. The first kappa shape index (κ1) is 18.1. The van der Waals surface area contributed by atoms with Crippen LogP contribution in [0.2, 0.25) is 0 Å². The number of rotatable bonds is 3. The van der Waals surface area contributed by atoms with E-state index in [1.807, 2.05) is 43.3 Å². The Bertz CT molecular complexity index is 1020. The average Bonchev–Trinajstić information content (AvgIpc) is 3.10. The highest BCUT2D eigenvalue weighted by molar-refractivity contribution is 8.15. The number of fused-ring (bicyclic) bond motifs is 1. The number of benzene rings is 2. The number of carbonyl (C=O) groups excluding carboxylic acids is 1. The number of nitrogens with zero attached hydrogens (tertiary/aromatic N) is 1. The van der Waals surface area contributed by atoms with Crippen molar-refractivity contribution in [2.45, 2.75) is 18.2 Å². The van der Waals surface area contributed by atoms with Crippen molar-refractivity contribution >= 4 is 44.0 Å². The summed E-state index contributed by atoms with van der Waals surface area (Å²) in [5.41, 5.74) is 3.06. The maximum atomic E-state index is 12.5. The molecule has 2 aliphatic heterocycles. The molecule has 0 spiro atoms. The number of amidine groups is 1. The first-order valence-corrected chi connectivity index (χ1v) is 11.3. The molecule has 0 aromatic heterocycles. The predicted molar refractivity (Wildman–Crippen MR) is 110 cm³/mol. The number of amides is 1. The van der Waals surface area contributed by atoms with Gasteiger partial charge in [-0.15, -0.1) is 0 Å². The van der Waals surface area contributed by atoms with E-state index in [-0.39, 0.29) is 28.7 Å². The SMILES string of the molecule is Cc1ccc(C(=O)Nc2ccccc2)cc1NC1=NC2CS(=O)(=O)CC2S1. The molecule has 2 heterocycles. The van der Waals surface area contributed by atoms with E-state index in [1.165, 1.54) is 11.8 Å². The lowest BCUT2D eigenvalue weighted by molar-refractivity contribution is 0.102. The van der Waals surface area contributed by atoms with E-state index in [9.17, 15) is 13.2 Å². The summed E-state index contributed by atoms with van der Waals surface area (Å²) in [5.74, 6) is 0.109. The Balaban J connectivity index is 1.49. The number of hydrogen-bond acceptors (Lipinski definition) is 6. The molecule has 27 heavy (non-hydrogen) atoms. The largest absolute Gasteiger partial charge is 0.335 e. The van der Waals surface area contributed by atoms with Crippen LogP contribution >= 0.6 is 11.8 Å². The van der Waals surface area contributed by atoms with Crippen molar-refractivity contribution < 1.29 is 13.2 Å². The van der Waals surface area contributed by atoms with E-state index in [1.54, 1.807) is 12.1 Å². The maximum Gasteiger partial charge on any atom is 0.255 e. The third kappa shape index (κ3) is 4.01. The number of carbonyl (C=O) groups is 1. The van der Waals surface area contributed by atoms with Gasteiger partial charge in [0.05, 0.1) is 17.5 Å². The normalized spacial score (nSPS) is 22.8. The van der Waals surface area contributed by atoms with E-state index in [0.717, 1.165) is 16.9 Å². The molecule has 4 rings (SSSR count). The van der Waals surface area contributed by atoms with Gasteiger partial charge >= 0.3 is 0 Å². The van der Waals surface area contributed by atoms with Crippen molar-refractivity contribution in [3.63, 3.8) is 0 Å². The van der Waals surface area contributed by atoms with Crippen LogP contribution in [0.1, 0.15) is 15.9 Å². The van der Waals surface area contributed by atoms with E-state index in [4.69, 9.17) is 0 Å². The minimum Gasteiger partial charge on any atom is -0.335 e. The Morgan fingerprint density at radius 3 is 2.67 bits per heavy atom. The molecule has 2 N–H and O–H groups in total. The number of sulfone groups is 1. The first-order valence-electron chi connectivity index (χ1n) is 8.58. The number of nitrogens with one attached hydrogen (secondary N) is 2. The van der Waals surface area contributed by atoms with E-state index < -0.39 is 9.84 Å². The van der Waals surface area contributed by atoms with E-state index in [2.05, 4.69) is 15.6 Å². The van der Waals surface area contributed by atoms with Crippen molar-refractivity contribution in [1.82, 2.24) is 0 Å². The molecule has 0 aliphatic carbocycles. The van der Waals surface area contributed by atoms with E-state index >= 15 is 0 Å². The second-order valence-corrected chi connectivity index (χ2v) is 10.1. The van der Waals surface area contributed by atoms with Crippen LogP contribution in [-0.4, -0.2) is 42.3 Å². The minimum absolute atomic E-state index is 0.0117. The standard InChI is InChI=1S/C19H19N3O3S2/c1-12-7-8-13(18(23)20-14-5-3-2-4-6-14)9-15(12)21-19-22-16-10-27(24,25)11-17(16)26-19/h2-9,16-17H,10-11H2,1H3,(H,20,23)(H,21,22). The highest BCUT2D eigenvalue weighted by Gasteiger charge is 2.42. The Morgan fingerprint density at radius 1 is 1.15 bits per heavy atom. The number of para-hydroxylation sites is 1. The Morgan fingerprint density at radius 2 is 1.93 bits per heavy atom. The smallest absolute Gasteiger partial charge is 0.255 e. The first-order chi connectivity index (χ1) is 12.9. The van der Waals surface area contributed by atoms with Gasteiger partial charge in [-0.25, -0.2) is 8.42 Å². The number of thioether (sulfide) groups is 1. The lowest BCUT2D eigenvalue weighted by Gasteiger charge is -2.12. The predicted octanol–water partition coefficient (Wildman–Crippen LogP) is 2.93. The fraction of sp³-hybridized carbons (Fsp3) is 0.263. The molecule has 1 fully saturated rings. The molecule has 2 unspecified atom stereocenters. The summed E-state index contributed by atoms with van der Waals surface area (Å²) in [6, 6.07) is 14.6. The van der Waals surface area contributed by atoms with Gasteiger partial charge in [-0.3, -0.25) is 9.79 Å². The van der Waals surface area contributed by atoms with Gasteiger partial charge in [-0.05, 0) is 36.8 Å². The molecule has 2 atom stereocenters. The zero-order valence-corrected chi connectivity index (χ0v) is 16.3. The Hall–Kier alpha value is -2.32. The molecule has 0 bridgehead atoms. The quantitative estimate of drug-likeness (QED) is 0.826. The Labute approximate surface area is 162 Å². The number of aryl methyl sites for hydroxylation is 1. The van der Waals surface area contributed by atoms with Gasteiger partial charge in [-0.2, -0.15) is 0 Å². The number of anilines is 2. The van der Waals surface area contributed by atoms with Gasteiger partial charge < -0.3 is 10.6 Å². The molecular weight excluding hydrogens is 382 g/mol. The van der Waals surface area contributed by atoms with Crippen molar-refractivity contribution in [3.8, 4) is 0 Å². The molecule has 1 saturated heterocycles. The van der Waals surface area contributed by atoms with Crippen LogP contribution in [0.15, 0.2) is 53.5 Å². The molecule has 0 saturated carbocycles. The molecular formula is C19H19N3O3S2. The second-order valence-electron chi connectivity index (χ2n) is 6.71. The van der Waals surface area contributed by atoms with Gasteiger partial charge in [0.25, 0.3) is 5.91 Å². The van der Waals surface area contributed by atoms with Crippen LogP contribution in [0.5, 0.6) is 0 Å². The summed E-state index contributed by atoms with van der Waals surface area (Å²) in [6.45, 7) is 1.95. The fourth-order valence-corrected chi connectivity index (χ4v) is 6.82. The summed E-state index contributed by atoms with van der Waals surface area (Å²) < 4.78 is 23.4. The molecule has 2 aromatic carbocycles. The molecule has 2 aromatic rings. The molecule has 2 aliphatic rings. The van der Waals surface area contributed by atoms with Gasteiger partial charge in [0, 0.05) is 22.2 Å². The van der Waals surface area contributed by atoms with Crippen LogP contribution in [0, 0.1) is 6.92 Å². The number of aliphatic imine (C=N–C) groups is 1. The molecule has 140 valence electrons. The molecule has 8 heteroatoms. The molecule has 0 radical (unpaired) electrons. The van der Waals surface area contributed by atoms with Crippen molar-refractivity contribution in [2.75, 3.05) is 22.1 Å². The zero-order chi connectivity index (χ0) is 19.0. The highest BCUT2D eigenvalue weighted by Crippen LogP contribution is 2.35. The molecule has 1 amide bonds. The lowest BCUT2D eigenvalue weighted by Crippen LogP contribution is -2.14. The van der Waals surface area contributed by atoms with Gasteiger partial charge in [-0.1, -0.05) is 36.0 Å². The second kappa shape index (κ2) is 7.01. The van der Waals surface area contributed by atoms with Crippen LogP contribution in [-0.2, 0) is 9.84 Å². The minimum atomic E-state index is -2.97. The average molecular weight is 402 g/mol. The van der Waals surface area contributed by atoms with Crippen molar-refractivity contribution in [2.24, 2.45) is 4.99 Å². The van der Waals surface area contributed by atoms with Crippen molar-refractivity contribution in [1.29, 1.82) is 0 Å². The lowest BCUT2D eigenvalue weighted by atomic mass is 10.1. The van der Waals surface area contributed by atoms with Crippen LogP contribution in [0.3, 0.4) is 0 Å². The van der Waals surface area contributed by atoms with E-state index in [0.29, 0.717) is 10.7 Å². The fourth-order valence-electron chi connectivity index (χ4n) is 3.15. The summed E-state index contributed by atoms with van der Waals surface area (Å²) in [7, 11) is -2.97. The zero-order valence-electron chi connectivity index (χ0n) is 14.7. The van der Waals surface area contributed by atoms with Crippen molar-refractivity contribution in [3.05, 3.63) is 59.7 Å². The summed E-state index contributed by atoms with van der Waals surface area (Å²) in [5, 5.41) is 6.83. The monoisotopic (exact) mass is 401 g/mol. The highest BCUT2D eigenvalue weighted by atomic mass is 32.2. The molecule has 6 nitrogen and oxygen atoms in total.